The van der Waals surface area contributed by atoms with Crippen molar-refractivity contribution in [3.05, 3.63) is 59.0 Å². The largest absolute Gasteiger partial charge is 0.289 e. The van der Waals surface area contributed by atoms with Crippen LogP contribution in [0, 0.1) is 0 Å². The van der Waals surface area contributed by atoms with E-state index in [1.54, 1.807) is 11.3 Å². The topological polar surface area (TPSA) is 42.9 Å². The Kier molecular flexibility index (Phi) is 2.13. The molecule has 90 valence electrons. The molecule has 0 aliphatic heterocycles. The molecule has 0 saturated heterocycles. The Morgan fingerprint density at radius 1 is 0.895 bits per heavy atom. The SMILES string of the molecule is O=C1c2ccccc2-c2nnc(-c3cccs3)cc21. The van der Waals surface area contributed by atoms with Gasteiger partial charge in [0.1, 0.15) is 11.4 Å². The van der Waals surface area contributed by atoms with E-state index in [1.807, 2.05) is 47.8 Å². The van der Waals surface area contributed by atoms with Crippen LogP contribution in [-0.2, 0) is 0 Å². The highest BCUT2D eigenvalue weighted by atomic mass is 32.1. The van der Waals surface area contributed by atoms with Gasteiger partial charge < -0.3 is 0 Å². The van der Waals surface area contributed by atoms with Crippen molar-refractivity contribution < 1.29 is 4.79 Å². The molecule has 0 bridgehead atoms. The molecule has 3 nitrogen and oxygen atoms in total. The molecule has 0 N–H and O–H groups in total. The summed E-state index contributed by atoms with van der Waals surface area (Å²) in [6, 6.07) is 13.3. The van der Waals surface area contributed by atoms with Gasteiger partial charge in [-0.2, -0.15) is 0 Å². The maximum absolute atomic E-state index is 12.3. The summed E-state index contributed by atoms with van der Waals surface area (Å²) < 4.78 is 0. The number of carbonyl (C=O) groups excluding carboxylic acids is 1. The molecule has 0 spiro atoms. The van der Waals surface area contributed by atoms with Crippen molar-refractivity contribution in [3.63, 3.8) is 0 Å². The van der Waals surface area contributed by atoms with Crippen LogP contribution >= 0.6 is 11.3 Å². The lowest BCUT2D eigenvalue weighted by Gasteiger charge is -1.99. The molecule has 1 aliphatic rings. The van der Waals surface area contributed by atoms with Crippen LogP contribution in [0.15, 0.2) is 47.8 Å². The number of thiophene rings is 1. The van der Waals surface area contributed by atoms with Crippen LogP contribution in [0.3, 0.4) is 0 Å². The van der Waals surface area contributed by atoms with Crippen LogP contribution in [0.1, 0.15) is 15.9 Å². The Labute approximate surface area is 113 Å². The second-order valence-corrected chi connectivity index (χ2v) is 5.29. The van der Waals surface area contributed by atoms with Crippen LogP contribution in [0.4, 0.5) is 0 Å². The van der Waals surface area contributed by atoms with Gasteiger partial charge in [0.25, 0.3) is 0 Å². The van der Waals surface area contributed by atoms with E-state index in [0.29, 0.717) is 11.3 Å². The summed E-state index contributed by atoms with van der Waals surface area (Å²) in [7, 11) is 0. The Bertz CT molecular complexity index is 794. The first-order valence-electron chi connectivity index (χ1n) is 5.90. The molecule has 2 heterocycles. The van der Waals surface area contributed by atoms with Crippen molar-refractivity contribution in [1.82, 2.24) is 10.2 Å². The van der Waals surface area contributed by atoms with Crippen molar-refractivity contribution in [2.24, 2.45) is 0 Å². The maximum Gasteiger partial charge on any atom is 0.196 e. The lowest BCUT2D eigenvalue weighted by molar-refractivity contribution is 0.104. The van der Waals surface area contributed by atoms with E-state index >= 15 is 0 Å². The normalized spacial score (nSPS) is 12.3. The van der Waals surface area contributed by atoms with Crippen molar-refractivity contribution in [2.75, 3.05) is 0 Å². The standard InChI is InChI=1S/C15H8N2OS/c18-15-10-5-2-1-4-9(10)14-11(15)8-12(16-17-14)13-6-3-7-19-13/h1-8H. The Morgan fingerprint density at radius 2 is 1.74 bits per heavy atom. The number of rotatable bonds is 1. The molecular formula is C15H8N2OS. The molecule has 0 radical (unpaired) electrons. The smallest absolute Gasteiger partial charge is 0.196 e. The summed E-state index contributed by atoms with van der Waals surface area (Å²) in [6.07, 6.45) is 0. The van der Waals surface area contributed by atoms with E-state index in [9.17, 15) is 4.79 Å². The molecule has 1 aliphatic carbocycles. The van der Waals surface area contributed by atoms with Gasteiger partial charge in [-0.25, -0.2) is 0 Å². The van der Waals surface area contributed by atoms with Gasteiger partial charge in [0, 0.05) is 11.1 Å². The van der Waals surface area contributed by atoms with Gasteiger partial charge >= 0.3 is 0 Å². The molecule has 19 heavy (non-hydrogen) atoms. The number of nitrogens with zero attached hydrogens (tertiary/aromatic N) is 2. The Morgan fingerprint density at radius 3 is 2.53 bits per heavy atom. The quantitative estimate of drug-likeness (QED) is 0.529. The molecule has 0 atom stereocenters. The molecular weight excluding hydrogens is 256 g/mol. The van der Waals surface area contributed by atoms with Gasteiger partial charge in [0.05, 0.1) is 10.4 Å². The van der Waals surface area contributed by atoms with Gasteiger partial charge in [0.2, 0.25) is 0 Å². The molecule has 3 aromatic rings. The first kappa shape index (κ1) is 10.6. The van der Waals surface area contributed by atoms with Crippen LogP contribution in [0.25, 0.3) is 21.8 Å². The first-order valence-corrected chi connectivity index (χ1v) is 6.78. The van der Waals surface area contributed by atoms with Crippen LogP contribution in [0.5, 0.6) is 0 Å². The molecule has 0 fully saturated rings. The van der Waals surface area contributed by atoms with Gasteiger partial charge in [-0.15, -0.1) is 21.5 Å². The highest BCUT2D eigenvalue weighted by Crippen LogP contribution is 2.36. The fourth-order valence-electron chi connectivity index (χ4n) is 2.34. The minimum atomic E-state index is 0.0401. The molecule has 1 aromatic carbocycles. The number of carbonyl (C=O) groups is 1. The third kappa shape index (κ3) is 1.47. The highest BCUT2D eigenvalue weighted by Gasteiger charge is 2.28. The summed E-state index contributed by atoms with van der Waals surface area (Å²) in [5, 5.41) is 10.5. The Balaban J connectivity index is 1.94. The van der Waals surface area contributed by atoms with Crippen LogP contribution in [0.2, 0.25) is 0 Å². The predicted molar refractivity (Wildman–Crippen MR) is 74.2 cm³/mol. The van der Waals surface area contributed by atoms with Crippen molar-refractivity contribution in [2.45, 2.75) is 0 Å². The second kappa shape index (κ2) is 3.83. The van der Waals surface area contributed by atoms with Gasteiger partial charge in [-0.3, -0.25) is 4.79 Å². The minimum Gasteiger partial charge on any atom is -0.289 e. The van der Waals surface area contributed by atoms with Crippen LogP contribution < -0.4 is 0 Å². The summed E-state index contributed by atoms with van der Waals surface area (Å²) in [6.45, 7) is 0. The summed E-state index contributed by atoms with van der Waals surface area (Å²) in [5.41, 5.74) is 3.71. The number of hydrogen-bond donors (Lipinski definition) is 0. The van der Waals surface area contributed by atoms with Gasteiger partial charge in [-0.1, -0.05) is 30.3 Å². The van der Waals surface area contributed by atoms with E-state index in [1.165, 1.54) is 0 Å². The number of hydrogen-bond acceptors (Lipinski definition) is 4. The predicted octanol–water partition coefficient (Wildman–Crippen LogP) is 3.42. The second-order valence-electron chi connectivity index (χ2n) is 4.34. The van der Waals surface area contributed by atoms with Gasteiger partial charge in [-0.05, 0) is 17.5 Å². The zero-order valence-electron chi connectivity index (χ0n) is 9.83. The summed E-state index contributed by atoms with van der Waals surface area (Å²) >= 11 is 1.59. The van der Waals surface area contributed by atoms with Crippen molar-refractivity contribution in [1.29, 1.82) is 0 Å². The zero-order valence-corrected chi connectivity index (χ0v) is 10.6. The fourth-order valence-corrected chi connectivity index (χ4v) is 3.02. The Hall–Kier alpha value is -2.33. The molecule has 0 amide bonds. The average molecular weight is 264 g/mol. The molecule has 0 unspecified atom stereocenters. The highest BCUT2D eigenvalue weighted by molar-refractivity contribution is 7.13. The summed E-state index contributed by atoms with van der Waals surface area (Å²) in [4.78, 5) is 13.4. The number of ketones is 1. The number of aromatic nitrogens is 2. The van der Waals surface area contributed by atoms with E-state index in [0.717, 1.165) is 21.7 Å². The first-order chi connectivity index (χ1) is 9.34. The minimum absolute atomic E-state index is 0.0401. The summed E-state index contributed by atoms with van der Waals surface area (Å²) in [5.74, 6) is 0.0401. The molecule has 4 rings (SSSR count). The third-order valence-corrected chi connectivity index (χ3v) is 4.13. The molecule has 2 aromatic heterocycles. The third-order valence-electron chi connectivity index (χ3n) is 3.24. The molecule has 0 saturated carbocycles. The zero-order chi connectivity index (χ0) is 12.8. The average Bonchev–Trinajstić information content (AvgIpc) is 3.08. The number of fused-ring (bicyclic) bond motifs is 3. The van der Waals surface area contributed by atoms with Gasteiger partial charge in [0.15, 0.2) is 5.78 Å². The van der Waals surface area contributed by atoms with E-state index in [4.69, 9.17) is 0 Å². The lowest BCUT2D eigenvalue weighted by Crippen LogP contribution is -1.97. The monoisotopic (exact) mass is 264 g/mol. The van der Waals surface area contributed by atoms with Crippen molar-refractivity contribution >= 4 is 17.1 Å². The lowest BCUT2D eigenvalue weighted by atomic mass is 10.1. The van der Waals surface area contributed by atoms with E-state index in [-0.39, 0.29) is 5.78 Å². The van der Waals surface area contributed by atoms with E-state index in [2.05, 4.69) is 10.2 Å². The van der Waals surface area contributed by atoms with E-state index < -0.39 is 0 Å². The van der Waals surface area contributed by atoms with Crippen molar-refractivity contribution in [3.8, 4) is 21.8 Å². The fraction of sp³-hybridized carbons (Fsp3) is 0. The maximum atomic E-state index is 12.3. The molecule has 4 heteroatoms. The van der Waals surface area contributed by atoms with Crippen LogP contribution in [-0.4, -0.2) is 16.0 Å². The number of benzene rings is 1.